The predicted octanol–water partition coefficient (Wildman–Crippen LogP) is 4.50. The summed E-state index contributed by atoms with van der Waals surface area (Å²) in [5.41, 5.74) is 2.90. The molecular weight excluding hydrogens is 406 g/mol. The van der Waals surface area contributed by atoms with Crippen molar-refractivity contribution in [2.24, 2.45) is 0 Å². The fourth-order valence-electron chi connectivity index (χ4n) is 2.72. The quantitative estimate of drug-likeness (QED) is 0.424. The van der Waals surface area contributed by atoms with Gasteiger partial charge in [0.15, 0.2) is 6.61 Å². The van der Waals surface area contributed by atoms with Gasteiger partial charge < -0.3 is 10.1 Å². The number of ketones is 1. The van der Waals surface area contributed by atoms with E-state index < -0.39 is 5.97 Å². The lowest BCUT2D eigenvalue weighted by molar-refractivity contribution is -0.118. The molecular formula is C22H21NO4S2. The van der Waals surface area contributed by atoms with Crippen LogP contribution in [0.25, 0.3) is 11.1 Å². The summed E-state index contributed by atoms with van der Waals surface area (Å²) in [4.78, 5) is 37.8. The van der Waals surface area contributed by atoms with Gasteiger partial charge in [0.1, 0.15) is 4.88 Å². The number of carbonyl (C=O) groups excluding carboxylic acids is 3. The minimum absolute atomic E-state index is 0.0802. The van der Waals surface area contributed by atoms with Gasteiger partial charge >= 0.3 is 5.97 Å². The smallest absolute Gasteiger partial charge is 0.349 e. The Morgan fingerprint density at radius 3 is 2.52 bits per heavy atom. The summed E-state index contributed by atoms with van der Waals surface area (Å²) in [6, 6.07) is 13.4. The number of carbonyl (C=O) groups is 3. The van der Waals surface area contributed by atoms with Crippen molar-refractivity contribution in [1.82, 2.24) is 5.32 Å². The molecule has 0 saturated heterocycles. The fourth-order valence-corrected chi connectivity index (χ4v) is 4.46. The molecule has 3 rings (SSSR count). The first kappa shape index (κ1) is 21.0. The van der Waals surface area contributed by atoms with Gasteiger partial charge in [-0.3, -0.25) is 9.59 Å². The number of thiophene rings is 2. The Morgan fingerprint density at radius 1 is 1.03 bits per heavy atom. The third-order valence-electron chi connectivity index (χ3n) is 4.23. The second-order valence-electron chi connectivity index (χ2n) is 6.53. The number of rotatable bonds is 8. The third-order valence-corrected chi connectivity index (χ3v) is 6.31. The largest absolute Gasteiger partial charge is 0.453 e. The van der Waals surface area contributed by atoms with E-state index in [4.69, 9.17) is 4.74 Å². The number of aryl methyl sites for hydroxylation is 1. The van der Waals surface area contributed by atoms with Crippen molar-refractivity contribution in [2.45, 2.75) is 20.3 Å². The van der Waals surface area contributed by atoms with E-state index in [1.54, 1.807) is 6.07 Å². The van der Waals surface area contributed by atoms with Crippen molar-refractivity contribution >= 4 is 40.3 Å². The Labute approximate surface area is 177 Å². The molecule has 0 aliphatic carbocycles. The van der Waals surface area contributed by atoms with Crippen LogP contribution in [0.4, 0.5) is 0 Å². The van der Waals surface area contributed by atoms with Crippen LogP contribution in [0.2, 0.25) is 0 Å². The van der Waals surface area contributed by atoms with E-state index in [2.05, 4.69) is 5.32 Å². The predicted molar refractivity (Wildman–Crippen MR) is 116 cm³/mol. The van der Waals surface area contributed by atoms with Gasteiger partial charge in [0.05, 0.1) is 4.88 Å². The molecule has 0 aliphatic heterocycles. The molecule has 0 aliphatic rings. The lowest BCUT2D eigenvalue weighted by Gasteiger charge is -2.05. The maximum atomic E-state index is 12.5. The lowest BCUT2D eigenvalue weighted by Crippen LogP contribution is -2.22. The van der Waals surface area contributed by atoms with Crippen molar-refractivity contribution in [3.8, 4) is 11.1 Å². The third kappa shape index (κ3) is 5.62. The van der Waals surface area contributed by atoms with Crippen molar-refractivity contribution in [3.05, 3.63) is 68.0 Å². The van der Waals surface area contributed by atoms with Crippen LogP contribution < -0.4 is 5.32 Å². The number of ether oxygens (including phenoxy) is 1. The van der Waals surface area contributed by atoms with E-state index in [9.17, 15) is 14.4 Å². The van der Waals surface area contributed by atoms with Gasteiger partial charge in [-0.15, -0.1) is 22.7 Å². The fraction of sp³-hybridized carbons (Fsp3) is 0.227. The minimum atomic E-state index is -0.494. The molecule has 2 aromatic heterocycles. The molecule has 5 nitrogen and oxygen atoms in total. The van der Waals surface area contributed by atoms with Crippen LogP contribution in [-0.2, 0) is 16.0 Å². The first-order valence-corrected chi connectivity index (χ1v) is 10.8. The zero-order valence-corrected chi connectivity index (χ0v) is 17.8. The van der Waals surface area contributed by atoms with E-state index in [1.165, 1.54) is 29.6 Å². The van der Waals surface area contributed by atoms with Gasteiger partial charge in [-0.05, 0) is 42.5 Å². The summed E-state index contributed by atoms with van der Waals surface area (Å²) in [7, 11) is 0. The molecule has 3 aromatic rings. The van der Waals surface area contributed by atoms with Crippen LogP contribution in [0, 0.1) is 6.92 Å². The molecule has 0 unspecified atom stereocenters. The average Bonchev–Trinajstić information content (AvgIpc) is 3.36. The minimum Gasteiger partial charge on any atom is -0.453 e. The van der Waals surface area contributed by atoms with Crippen molar-refractivity contribution in [3.63, 3.8) is 0 Å². The van der Waals surface area contributed by atoms with E-state index in [0.717, 1.165) is 21.6 Å². The summed E-state index contributed by atoms with van der Waals surface area (Å²) in [5, 5.41) is 4.57. The average molecular weight is 428 g/mol. The zero-order chi connectivity index (χ0) is 20.8. The molecule has 2 heterocycles. The van der Waals surface area contributed by atoms with Crippen LogP contribution in [0.15, 0.2) is 47.8 Å². The maximum Gasteiger partial charge on any atom is 0.349 e. The van der Waals surface area contributed by atoms with Gasteiger partial charge in [0, 0.05) is 23.9 Å². The highest BCUT2D eigenvalue weighted by Crippen LogP contribution is 2.29. The standard InChI is InChI=1S/C22H21NO4S2/c1-14-3-5-16(6-4-14)18-10-12-28-21(18)22(26)27-13-19(25)20-8-7-17(29-20)9-11-23-15(2)24/h3-8,10,12H,9,11,13H2,1-2H3,(H,23,24). The summed E-state index contributed by atoms with van der Waals surface area (Å²) in [6.45, 7) is 3.71. The van der Waals surface area contributed by atoms with E-state index in [1.807, 2.05) is 48.7 Å². The summed E-state index contributed by atoms with van der Waals surface area (Å²) in [5.74, 6) is -0.808. The molecule has 0 fully saturated rings. The number of hydrogen-bond donors (Lipinski definition) is 1. The van der Waals surface area contributed by atoms with Gasteiger partial charge in [-0.1, -0.05) is 29.8 Å². The number of benzene rings is 1. The lowest BCUT2D eigenvalue weighted by atomic mass is 10.1. The second kappa shape index (κ2) is 9.62. The molecule has 0 saturated carbocycles. The second-order valence-corrected chi connectivity index (χ2v) is 8.61. The molecule has 29 heavy (non-hydrogen) atoms. The molecule has 0 atom stereocenters. The number of hydrogen-bond acceptors (Lipinski definition) is 6. The molecule has 1 aromatic carbocycles. The van der Waals surface area contributed by atoms with Crippen molar-refractivity contribution in [1.29, 1.82) is 0 Å². The highest BCUT2D eigenvalue weighted by atomic mass is 32.1. The van der Waals surface area contributed by atoms with Gasteiger partial charge in [0.25, 0.3) is 0 Å². The number of esters is 1. The first-order valence-electron chi connectivity index (χ1n) is 9.12. The number of Topliss-reactive ketones (excluding diaryl/α,β-unsaturated/α-hetero) is 1. The van der Waals surface area contributed by atoms with Gasteiger partial charge in [-0.25, -0.2) is 4.79 Å². The topological polar surface area (TPSA) is 72.5 Å². The van der Waals surface area contributed by atoms with Crippen molar-refractivity contribution < 1.29 is 19.1 Å². The number of nitrogens with one attached hydrogen (secondary N) is 1. The van der Waals surface area contributed by atoms with E-state index in [-0.39, 0.29) is 18.3 Å². The van der Waals surface area contributed by atoms with E-state index in [0.29, 0.717) is 22.7 Å². The monoisotopic (exact) mass is 427 g/mol. The van der Waals surface area contributed by atoms with Crippen molar-refractivity contribution in [2.75, 3.05) is 13.2 Å². The molecule has 0 spiro atoms. The Hall–Kier alpha value is -2.77. The Balaban J connectivity index is 1.58. The number of amides is 1. The molecule has 0 radical (unpaired) electrons. The van der Waals surface area contributed by atoms with Crippen LogP contribution in [-0.4, -0.2) is 30.8 Å². The van der Waals surface area contributed by atoms with Crippen LogP contribution in [0.1, 0.15) is 36.7 Å². The highest BCUT2D eigenvalue weighted by Gasteiger charge is 2.18. The summed E-state index contributed by atoms with van der Waals surface area (Å²) in [6.07, 6.45) is 0.659. The summed E-state index contributed by atoms with van der Waals surface area (Å²) < 4.78 is 5.28. The zero-order valence-electron chi connectivity index (χ0n) is 16.2. The SMILES string of the molecule is CC(=O)NCCc1ccc(C(=O)COC(=O)c2sccc2-c2ccc(C)cc2)s1. The van der Waals surface area contributed by atoms with Crippen LogP contribution >= 0.6 is 22.7 Å². The van der Waals surface area contributed by atoms with Crippen LogP contribution in [0.3, 0.4) is 0 Å². The molecule has 7 heteroatoms. The highest BCUT2D eigenvalue weighted by molar-refractivity contribution is 7.14. The molecule has 1 amide bonds. The maximum absolute atomic E-state index is 12.5. The van der Waals surface area contributed by atoms with Gasteiger partial charge in [-0.2, -0.15) is 0 Å². The molecule has 0 bridgehead atoms. The van der Waals surface area contributed by atoms with Crippen LogP contribution in [0.5, 0.6) is 0 Å². The molecule has 1 N–H and O–H groups in total. The molecule has 150 valence electrons. The Morgan fingerprint density at radius 2 is 1.79 bits per heavy atom. The van der Waals surface area contributed by atoms with E-state index >= 15 is 0 Å². The summed E-state index contributed by atoms with van der Waals surface area (Å²) >= 11 is 2.66. The Bertz CT molecular complexity index is 1020. The first-order chi connectivity index (χ1) is 13.9. The van der Waals surface area contributed by atoms with Gasteiger partial charge in [0.2, 0.25) is 11.7 Å². The Kier molecular flexibility index (Phi) is 6.95. The normalized spacial score (nSPS) is 10.6.